The van der Waals surface area contributed by atoms with E-state index in [2.05, 4.69) is 10.2 Å². The standard InChI is InChI=1S/C12H14FN3O2S/c13-11-8(6-18-9-3-1-2-4-17-9)19-7-5-15-16-12(14)10(7)11/h5,9H,1-4,6H2,(H2,14,16). The summed E-state index contributed by atoms with van der Waals surface area (Å²) >= 11 is 1.29. The van der Waals surface area contributed by atoms with Gasteiger partial charge in [-0.15, -0.1) is 16.4 Å². The molecule has 0 radical (unpaired) electrons. The van der Waals surface area contributed by atoms with Crippen molar-refractivity contribution in [3.8, 4) is 0 Å². The molecule has 2 N–H and O–H groups in total. The number of hydrogen-bond acceptors (Lipinski definition) is 6. The van der Waals surface area contributed by atoms with Gasteiger partial charge in [0.1, 0.15) is 0 Å². The Kier molecular flexibility index (Phi) is 3.58. The highest BCUT2D eigenvalue weighted by Gasteiger charge is 2.19. The van der Waals surface area contributed by atoms with E-state index in [1.807, 2.05) is 0 Å². The first-order valence-corrected chi connectivity index (χ1v) is 6.98. The lowest BCUT2D eigenvalue weighted by atomic mass is 10.2. The summed E-state index contributed by atoms with van der Waals surface area (Å²) in [7, 11) is 0. The fourth-order valence-electron chi connectivity index (χ4n) is 2.10. The summed E-state index contributed by atoms with van der Waals surface area (Å²) in [5, 5.41) is 7.72. The van der Waals surface area contributed by atoms with Crippen molar-refractivity contribution in [2.45, 2.75) is 32.2 Å². The molecule has 1 atom stereocenters. The van der Waals surface area contributed by atoms with E-state index in [4.69, 9.17) is 15.2 Å². The van der Waals surface area contributed by atoms with E-state index in [0.717, 1.165) is 19.3 Å². The van der Waals surface area contributed by atoms with E-state index < -0.39 is 0 Å². The number of fused-ring (bicyclic) bond motifs is 1. The summed E-state index contributed by atoms with van der Waals surface area (Å²) in [6.45, 7) is 0.898. The molecule has 1 fully saturated rings. The molecule has 2 aromatic rings. The fourth-order valence-corrected chi connectivity index (χ4v) is 3.08. The summed E-state index contributed by atoms with van der Waals surface area (Å²) in [5.41, 5.74) is 5.64. The highest BCUT2D eigenvalue weighted by Crippen LogP contribution is 2.32. The molecule has 1 unspecified atom stereocenters. The van der Waals surface area contributed by atoms with Crippen LogP contribution in [0.25, 0.3) is 10.1 Å². The highest BCUT2D eigenvalue weighted by atomic mass is 32.1. The Morgan fingerprint density at radius 2 is 2.42 bits per heavy atom. The molecule has 1 aliphatic rings. The SMILES string of the molecule is Nc1nncc2sc(COC3CCCCO3)c(F)c12. The van der Waals surface area contributed by atoms with Crippen molar-refractivity contribution in [1.29, 1.82) is 0 Å². The average molecular weight is 283 g/mol. The molecule has 0 saturated carbocycles. The van der Waals surface area contributed by atoms with Crippen molar-refractivity contribution in [3.63, 3.8) is 0 Å². The van der Waals surface area contributed by atoms with Crippen LogP contribution >= 0.6 is 11.3 Å². The zero-order valence-electron chi connectivity index (χ0n) is 10.3. The van der Waals surface area contributed by atoms with E-state index in [-0.39, 0.29) is 24.5 Å². The molecule has 102 valence electrons. The van der Waals surface area contributed by atoms with Crippen molar-refractivity contribution in [1.82, 2.24) is 10.2 Å². The van der Waals surface area contributed by atoms with Gasteiger partial charge in [0.25, 0.3) is 0 Å². The van der Waals surface area contributed by atoms with E-state index >= 15 is 0 Å². The number of thiophene rings is 1. The van der Waals surface area contributed by atoms with Crippen molar-refractivity contribution in [2.75, 3.05) is 12.3 Å². The van der Waals surface area contributed by atoms with E-state index in [1.165, 1.54) is 17.5 Å². The number of anilines is 1. The van der Waals surface area contributed by atoms with Crippen LogP contribution in [0.3, 0.4) is 0 Å². The van der Waals surface area contributed by atoms with E-state index in [1.54, 1.807) is 0 Å². The van der Waals surface area contributed by atoms with Gasteiger partial charge in [-0.3, -0.25) is 0 Å². The molecule has 7 heteroatoms. The lowest BCUT2D eigenvalue weighted by Gasteiger charge is -2.22. The van der Waals surface area contributed by atoms with Crippen LogP contribution in [-0.2, 0) is 16.1 Å². The first-order valence-electron chi connectivity index (χ1n) is 6.17. The van der Waals surface area contributed by atoms with Gasteiger partial charge >= 0.3 is 0 Å². The molecule has 0 aliphatic carbocycles. The molecule has 0 aromatic carbocycles. The predicted molar refractivity (Wildman–Crippen MR) is 70.2 cm³/mol. The Balaban J connectivity index is 1.77. The number of nitrogens with two attached hydrogens (primary N) is 1. The number of rotatable bonds is 3. The Hall–Kier alpha value is -1.31. The van der Waals surface area contributed by atoms with Gasteiger partial charge < -0.3 is 15.2 Å². The Labute approximate surface area is 113 Å². The number of ether oxygens (including phenoxy) is 2. The highest BCUT2D eigenvalue weighted by molar-refractivity contribution is 7.19. The Morgan fingerprint density at radius 3 is 3.16 bits per heavy atom. The molecule has 5 nitrogen and oxygen atoms in total. The van der Waals surface area contributed by atoms with Crippen LogP contribution in [-0.4, -0.2) is 23.1 Å². The second-order valence-electron chi connectivity index (χ2n) is 4.42. The zero-order valence-corrected chi connectivity index (χ0v) is 11.1. The molecule has 1 aliphatic heterocycles. The number of nitrogens with zero attached hydrogens (tertiary/aromatic N) is 2. The van der Waals surface area contributed by atoms with Crippen LogP contribution in [0.2, 0.25) is 0 Å². The first-order chi connectivity index (χ1) is 9.25. The normalized spacial score (nSPS) is 19.9. The summed E-state index contributed by atoms with van der Waals surface area (Å²) in [6.07, 6.45) is 4.29. The number of nitrogen functional groups attached to an aromatic ring is 1. The van der Waals surface area contributed by atoms with Gasteiger partial charge in [0.15, 0.2) is 17.9 Å². The first kappa shape index (κ1) is 12.7. The zero-order chi connectivity index (χ0) is 13.2. The quantitative estimate of drug-likeness (QED) is 0.937. The second kappa shape index (κ2) is 5.36. The monoisotopic (exact) mass is 283 g/mol. The van der Waals surface area contributed by atoms with Gasteiger partial charge in [0, 0.05) is 6.61 Å². The van der Waals surface area contributed by atoms with Crippen molar-refractivity contribution in [2.24, 2.45) is 0 Å². The fraction of sp³-hybridized carbons (Fsp3) is 0.500. The van der Waals surface area contributed by atoms with E-state index in [9.17, 15) is 4.39 Å². The summed E-state index contributed by atoms with van der Waals surface area (Å²) in [6, 6.07) is 0. The number of aromatic nitrogens is 2. The number of hydrogen-bond donors (Lipinski definition) is 1. The third-order valence-electron chi connectivity index (χ3n) is 3.08. The largest absolute Gasteiger partial charge is 0.382 e. The predicted octanol–water partition coefficient (Wildman–Crippen LogP) is 2.46. The van der Waals surface area contributed by atoms with Crippen LogP contribution in [0.1, 0.15) is 24.1 Å². The van der Waals surface area contributed by atoms with Crippen LogP contribution in [0.5, 0.6) is 0 Å². The van der Waals surface area contributed by atoms with Gasteiger partial charge in [0.05, 0.1) is 27.8 Å². The molecule has 3 rings (SSSR count). The summed E-state index contributed by atoms with van der Waals surface area (Å²) < 4.78 is 25.9. The van der Waals surface area contributed by atoms with E-state index in [0.29, 0.717) is 21.6 Å². The maximum Gasteiger partial charge on any atom is 0.158 e. The molecule has 0 bridgehead atoms. The van der Waals surface area contributed by atoms with Crippen LogP contribution in [0.15, 0.2) is 6.20 Å². The average Bonchev–Trinajstić information content (AvgIpc) is 2.76. The topological polar surface area (TPSA) is 70.3 Å². The Bertz CT molecular complexity index is 584. The van der Waals surface area contributed by atoms with Crippen LogP contribution in [0, 0.1) is 5.82 Å². The molecule has 2 aromatic heterocycles. The number of halogens is 1. The molecular formula is C12H14FN3O2S. The Morgan fingerprint density at radius 1 is 1.53 bits per heavy atom. The van der Waals surface area contributed by atoms with Crippen LogP contribution in [0.4, 0.5) is 10.2 Å². The van der Waals surface area contributed by atoms with Gasteiger partial charge in [-0.25, -0.2) is 4.39 Å². The molecular weight excluding hydrogens is 269 g/mol. The van der Waals surface area contributed by atoms with Gasteiger partial charge in [-0.1, -0.05) is 0 Å². The van der Waals surface area contributed by atoms with Crippen molar-refractivity contribution in [3.05, 3.63) is 16.9 Å². The van der Waals surface area contributed by atoms with Crippen molar-refractivity contribution >= 4 is 27.2 Å². The second-order valence-corrected chi connectivity index (χ2v) is 5.55. The minimum Gasteiger partial charge on any atom is -0.382 e. The smallest absolute Gasteiger partial charge is 0.158 e. The maximum absolute atomic E-state index is 14.2. The minimum absolute atomic E-state index is 0.117. The minimum atomic E-state index is -0.358. The van der Waals surface area contributed by atoms with Gasteiger partial charge in [0.2, 0.25) is 0 Å². The maximum atomic E-state index is 14.2. The molecule has 3 heterocycles. The van der Waals surface area contributed by atoms with Gasteiger partial charge in [-0.2, -0.15) is 5.10 Å². The third kappa shape index (κ3) is 2.54. The molecule has 1 saturated heterocycles. The van der Waals surface area contributed by atoms with Gasteiger partial charge in [-0.05, 0) is 19.3 Å². The molecule has 19 heavy (non-hydrogen) atoms. The van der Waals surface area contributed by atoms with Crippen LogP contribution < -0.4 is 5.73 Å². The molecule has 0 spiro atoms. The summed E-state index contributed by atoms with van der Waals surface area (Å²) in [5.74, 6) is -0.241. The third-order valence-corrected chi connectivity index (χ3v) is 4.15. The lowest BCUT2D eigenvalue weighted by molar-refractivity contribution is -0.168. The summed E-state index contributed by atoms with van der Waals surface area (Å²) in [4.78, 5) is 0.505. The lowest BCUT2D eigenvalue weighted by Crippen LogP contribution is -2.21. The van der Waals surface area contributed by atoms with Crippen molar-refractivity contribution < 1.29 is 13.9 Å². The molecule has 0 amide bonds.